The largest absolute Gasteiger partial charge is 0.357 e. The van der Waals surface area contributed by atoms with Gasteiger partial charge in [-0.05, 0) is 43.0 Å². The van der Waals surface area contributed by atoms with Crippen molar-refractivity contribution in [1.82, 2.24) is 15.2 Å². The summed E-state index contributed by atoms with van der Waals surface area (Å²) in [4.78, 5) is 51.6. The number of carbonyl (C=O) groups excluding carboxylic acids is 4. The van der Waals surface area contributed by atoms with Gasteiger partial charge in [0.25, 0.3) is 23.5 Å². The van der Waals surface area contributed by atoms with Gasteiger partial charge in [0.1, 0.15) is 17.1 Å². The number of halogens is 4. The maximum Gasteiger partial charge on any atom is 0.293 e. The number of Topliss-reactive ketones (excluding diaryl/α,β-unsaturated/α-hetero) is 1. The molecule has 2 heterocycles. The molecule has 192 valence electrons. The third kappa shape index (κ3) is 4.36. The first kappa shape index (κ1) is 25.7. The van der Waals surface area contributed by atoms with Gasteiger partial charge in [-0.2, -0.15) is 0 Å². The number of nitrogens with one attached hydrogen (secondary N) is 3. The Hall–Kier alpha value is -3.34. The lowest BCUT2D eigenvalue weighted by Crippen LogP contribution is -2.69. The average Bonchev–Trinajstić information content (AvgIpc) is 3.26. The molecule has 1 atom stereocenters. The first-order valence-electron chi connectivity index (χ1n) is 11.2. The number of anilines is 1. The van der Waals surface area contributed by atoms with Crippen LogP contribution in [0.3, 0.4) is 0 Å². The number of alkyl halides is 2. The van der Waals surface area contributed by atoms with Gasteiger partial charge < -0.3 is 20.5 Å². The van der Waals surface area contributed by atoms with Crippen molar-refractivity contribution in [1.29, 1.82) is 0 Å². The summed E-state index contributed by atoms with van der Waals surface area (Å²) in [6, 6.07) is 3.67. The molecule has 1 aliphatic heterocycles. The van der Waals surface area contributed by atoms with Crippen LogP contribution in [-0.2, 0) is 22.6 Å². The quantitative estimate of drug-likeness (QED) is 0.398. The molecule has 12 heteroatoms. The summed E-state index contributed by atoms with van der Waals surface area (Å²) in [6.07, 6.45) is -1.43. The predicted molar refractivity (Wildman–Crippen MR) is 125 cm³/mol. The van der Waals surface area contributed by atoms with Crippen molar-refractivity contribution >= 4 is 40.8 Å². The predicted octanol–water partition coefficient (Wildman–Crippen LogP) is 3.25. The number of nitrogens with zero attached hydrogens (tertiary/aromatic N) is 1. The smallest absolute Gasteiger partial charge is 0.293 e. The maximum absolute atomic E-state index is 13.6. The van der Waals surface area contributed by atoms with Crippen LogP contribution in [0.5, 0.6) is 0 Å². The van der Waals surface area contributed by atoms with Gasteiger partial charge in [-0.1, -0.05) is 18.5 Å². The van der Waals surface area contributed by atoms with Gasteiger partial charge in [-0.25, -0.2) is 13.2 Å². The molecule has 0 bridgehead atoms. The number of ketones is 1. The fraction of sp³-hybridized carbons (Fsp3) is 0.417. The number of aromatic nitrogens is 1. The number of fused-ring (bicyclic) bond motifs is 1. The summed E-state index contributed by atoms with van der Waals surface area (Å²) in [6.45, 7) is 3.83. The first-order chi connectivity index (χ1) is 16.8. The van der Waals surface area contributed by atoms with Gasteiger partial charge in [0, 0.05) is 37.8 Å². The van der Waals surface area contributed by atoms with Crippen molar-refractivity contribution in [2.45, 2.75) is 51.1 Å². The first-order valence-corrected chi connectivity index (χ1v) is 11.6. The van der Waals surface area contributed by atoms with E-state index in [1.807, 2.05) is 6.92 Å². The molecule has 1 aromatic carbocycles. The topological polar surface area (TPSA) is 109 Å². The summed E-state index contributed by atoms with van der Waals surface area (Å²) in [5.74, 6) is -7.37. The van der Waals surface area contributed by atoms with E-state index in [1.165, 1.54) is 26.1 Å². The van der Waals surface area contributed by atoms with E-state index >= 15 is 0 Å². The van der Waals surface area contributed by atoms with Crippen LogP contribution in [0.15, 0.2) is 18.2 Å². The van der Waals surface area contributed by atoms with E-state index in [4.69, 9.17) is 11.6 Å². The van der Waals surface area contributed by atoms with Crippen LogP contribution in [0.2, 0.25) is 5.02 Å². The Morgan fingerprint density at radius 2 is 1.83 bits per heavy atom. The van der Waals surface area contributed by atoms with Crippen molar-refractivity contribution in [3.05, 3.63) is 51.6 Å². The molecule has 4 rings (SSSR count). The molecule has 1 aromatic heterocycles. The number of amides is 3. The van der Waals surface area contributed by atoms with Crippen LogP contribution in [0, 0.1) is 18.7 Å². The van der Waals surface area contributed by atoms with E-state index < -0.39 is 53.6 Å². The SMILES string of the molecule is CNC(=O)C1(NC(=O)C(=O)c2c(C)c(C(=O)Nc3ccc(F)c(Cl)c3)n3c2C[C@@H](C)C3)CC(F)(F)C1. The summed E-state index contributed by atoms with van der Waals surface area (Å²) in [7, 11) is 1.25. The van der Waals surface area contributed by atoms with Crippen molar-refractivity contribution in [3.8, 4) is 0 Å². The van der Waals surface area contributed by atoms with Gasteiger partial charge in [0.2, 0.25) is 5.91 Å². The number of carbonyl (C=O) groups is 4. The minimum absolute atomic E-state index is 0.00252. The zero-order chi connectivity index (χ0) is 26.6. The van der Waals surface area contributed by atoms with Crippen LogP contribution in [-0.4, -0.2) is 46.6 Å². The monoisotopic (exact) mass is 524 g/mol. The second-order valence-electron chi connectivity index (χ2n) is 9.45. The summed E-state index contributed by atoms with van der Waals surface area (Å²) in [5, 5.41) is 6.90. The van der Waals surface area contributed by atoms with Crippen LogP contribution < -0.4 is 16.0 Å². The van der Waals surface area contributed by atoms with E-state index in [2.05, 4.69) is 16.0 Å². The second-order valence-corrected chi connectivity index (χ2v) is 9.86. The Kier molecular flexibility index (Phi) is 6.40. The summed E-state index contributed by atoms with van der Waals surface area (Å²) >= 11 is 5.79. The van der Waals surface area contributed by atoms with E-state index in [9.17, 15) is 32.3 Å². The number of benzene rings is 1. The molecule has 0 saturated heterocycles. The molecule has 0 spiro atoms. The van der Waals surface area contributed by atoms with Crippen LogP contribution in [0.4, 0.5) is 18.9 Å². The van der Waals surface area contributed by atoms with Gasteiger partial charge >= 0.3 is 0 Å². The Morgan fingerprint density at radius 1 is 1.17 bits per heavy atom. The summed E-state index contributed by atoms with van der Waals surface area (Å²) in [5.41, 5.74) is -0.820. The van der Waals surface area contributed by atoms with Crippen molar-refractivity contribution < 1.29 is 32.3 Å². The fourth-order valence-corrected chi connectivity index (χ4v) is 5.23. The third-order valence-corrected chi connectivity index (χ3v) is 6.90. The third-order valence-electron chi connectivity index (χ3n) is 6.61. The Balaban J connectivity index is 1.65. The van der Waals surface area contributed by atoms with Gasteiger partial charge in [0.15, 0.2) is 0 Å². The molecule has 0 unspecified atom stereocenters. The summed E-state index contributed by atoms with van der Waals surface area (Å²) < 4.78 is 42.4. The molecule has 0 radical (unpaired) electrons. The molecular formula is C24H24ClF3N4O4. The number of rotatable bonds is 6. The van der Waals surface area contributed by atoms with E-state index in [1.54, 1.807) is 4.57 Å². The van der Waals surface area contributed by atoms with Crippen LogP contribution >= 0.6 is 11.6 Å². The molecule has 3 amide bonds. The molecule has 1 aliphatic carbocycles. The van der Waals surface area contributed by atoms with E-state index in [0.717, 1.165) is 6.07 Å². The second kappa shape index (κ2) is 8.95. The molecule has 2 aliphatic rings. The van der Waals surface area contributed by atoms with Gasteiger partial charge in [0.05, 0.1) is 10.6 Å². The molecular weight excluding hydrogens is 501 g/mol. The van der Waals surface area contributed by atoms with Crippen molar-refractivity contribution in [3.63, 3.8) is 0 Å². The highest BCUT2D eigenvalue weighted by Gasteiger charge is 2.62. The number of likely N-dealkylation sites (N-methyl/N-ethyl adjacent to an activating group) is 1. The molecule has 2 aromatic rings. The lowest BCUT2D eigenvalue weighted by molar-refractivity contribution is -0.164. The van der Waals surface area contributed by atoms with Crippen LogP contribution in [0.25, 0.3) is 0 Å². The maximum atomic E-state index is 13.6. The number of hydrogen-bond donors (Lipinski definition) is 3. The molecule has 8 nitrogen and oxygen atoms in total. The van der Waals surface area contributed by atoms with Gasteiger partial charge in [-0.15, -0.1) is 0 Å². The zero-order valence-corrected chi connectivity index (χ0v) is 20.5. The lowest BCUT2D eigenvalue weighted by Gasteiger charge is -2.45. The number of hydrogen-bond acceptors (Lipinski definition) is 4. The minimum atomic E-state index is -3.14. The minimum Gasteiger partial charge on any atom is -0.357 e. The zero-order valence-electron chi connectivity index (χ0n) is 19.7. The van der Waals surface area contributed by atoms with Gasteiger partial charge in [-0.3, -0.25) is 19.2 Å². The van der Waals surface area contributed by atoms with E-state index in [0.29, 0.717) is 18.7 Å². The lowest BCUT2D eigenvalue weighted by atomic mass is 9.72. The Morgan fingerprint density at radius 3 is 2.42 bits per heavy atom. The normalized spacial score (nSPS) is 19.1. The average molecular weight is 525 g/mol. The van der Waals surface area contributed by atoms with Crippen molar-refractivity contribution in [2.75, 3.05) is 12.4 Å². The molecule has 36 heavy (non-hydrogen) atoms. The highest BCUT2D eigenvalue weighted by Crippen LogP contribution is 2.46. The highest BCUT2D eigenvalue weighted by molar-refractivity contribution is 6.44. The van der Waals surface area contributed by atoms with E-state index in [-0.39, 0.29) is 33.4 Å². The van der Waals surface area contributed by atoms with Crippen LogP contribution in [0.1, 0.15) is 51.9 Å². The van der Waals surface area contributed by atoms with Crippen molar-refractivity contribution in [2.24, 2.45) is 5.92 Å². The molecule has 3 N–H and O–H groups in total. The standard InChI is InChI=1S/C24H24ClF3N4O4/c1-11-6-16-17(19(33)21(35)31-23(22(36)29-3)9-24(27,28)10-23)12(2)18(32(16)8-11)20(34)30-13-4-5-15(26)14(25)7-13/h4-5,7,11H,6,8-10H2,1-3H3,(H,29,36)(H,30,34)(H,31,35)/t11-/m1/s1. The Labute approximate surface area is 209 Å². The highest BCUT2D eigenvalue weighted by atomic mass is 35.5. The Bertz CT molecular complexity index is 1300. The molecule has 1 saturated carbocycles. The fourth-order valence-electron chi connectivity index (χ4n) is 5.05. The molecule has 1 fully saturated rings.